The molecule has 0 aromatic carbocycles. The first-order valence-electron chi connectivity index (χ1n) is 29.2. The number of hydrogen-bond donors (Lipinski definition) is 3. The molecule has 8 nitrogen and oxygen atoms in total. The number of carbonyl (C=O) groups excluding carboxylic acids is 1. The molecule has 0 saturated carbocycles. The number of aliphatic hydroxyl groups excluding tert-OH is 1. The minimum atomic E-state index is -4.31. The first-order valence-corrected chi connectivity index (χ1v) is 30.7. The number of carbonyl (C=O) groups is 1. The van der Waals surface area contributed by atoms with E-state index >= 15 is 0 Å². The molecular formula is C58H116N2O6P+. The standard InChI is InChI=1S/C58H115N2O6P/c1-6-8-10-12-14-16-18-20-21-22-23-24-25-26-27-28-29-30-31-32-33-34-35-36-37-38-39-40-42-44-46-48-50-52-58(62)59-56(55-66-67(63,64)65-54-53-60(3,4)5)57(61)51-49-47-45-43-41-19-17-15-13-11-9-7-2/h18,20,22-23,56-57,61H,6-17,19,21,24-55H2,1-5H3,(H-,59,62,63,64)/p+1/b20-18-,23-22-. The number of amides is 1. The Labute approximate surface area is 417 Å². The second-order valence-corrected chi connectivity index (χ2v) is 22.8. The lowest BCUT2D eigenvalue weighted by molar-refractivity contribution is -0.870. The van der Waals surface area contributed by atoms with Crippen molar-refractivity contribution in [1.82, 2.24) is 5.32 Å². The third-order valence-corrected chi connectivity index (χ3v) is 14.4. The Morgan fingerprint density at radius 3 is 1.22 bits per heavy atom. The molecule has 3 atom stereocenters. The van der Waals surface area contributed by atoms with Gasteiger partial charge in [0.2, 0.25) is 5.91 Å². The van der Waals surface area contributed by atoms with E-state index in [4.69, 9.17) is 9.05 Å². The topological polar surface area (TPSA) is 105 Å². The van der Waals surface area contributed by atoms with E-state index < -0.39 is 20.0 Å². The second-order valence-electron chi connectivity index (χ2n) is 21.4. The van der Waals surface area contributed by atoms with Crippen LogP contribution < -0.4 is 5.32 Å². The van der Waals surface area contributed by atoms with Crippen LogP contribution in [0.4, 0.5) is 0 Å². The molecule has 0 radical (unpaired) electrons. The number of phosphoric ester groups is 1. The summed E-state index contributed by atoms with van der Waals surface area (Å²) < 4.78 is 23.7. The van der Waals surface area contributed by atoms with Crippen molar-refractivity contribution in [3.05, 3.63) is 24.3 Å². The smallest absolute Gasteiger partial charge is 0.391 e. The molecule has 0 heterocycles. The highest BCUT2D eigenvalue weighted by molar-refractivity contribution is 7.47. The van der Waals surface area contributed by atoms with E-state index in [9.17, 15) is 19.4 Å². The summed E-state index contributed by atoms with van der Waals surface area (Å²) in [6, 6.07) is -0.756. The van der Waals surface area contributed by atoms with Crippen molar-refractivity contribution in [2.75, 3.05) is 40.9 Å². The van der Waals surface area contributed by atoms with Crippen molar-refractivity contribution >= 4 is 13.7 Å². The van der Waals surface area contributed by atoms with E-state index in [0.717, 1.165) is 44.9 Å². The number of hydrogen-bond acceptors (Lipinski definition) is 5. The monoisotopic (exact) mass is 968 g/mol. The van der Waals surface area contributed by atoms with Gasteiger partial charge in [0.25, 0.3) is 0 Å². The Balaban J connectivity index is 3.93. The molecule has 0 fully saturated rings. The molecule has 398 valence electrons. The van der Waals surface area contributed by atoms with Crippen LogP contribution >= 0.6 is 7.82 Å². The summed E-state index contributed by atoms with van der Waals surface area (Å²) in [5.74, 6) is -0.140. The first kappa shape index (κ1) is 66.0. The molecule has 0 aliphatic rings. The summed E-state index contributed by atoms with van der Waals surface area (Å²) >= 11 is 0. The van der Waals surface area contributed by atoms with E-state index in [2.05, 4.69) is 43.5 Å². The van der Waals surface area contributed by atoms with Gasteiger partial charge in [-0.15, -0.1) is 0 Å². The molecule has 1 amide bonds. The summed E-state index contributed by atoms with van der Waals surface area (Å²) in [4.78, 5) is 23.3. The van der Waals surface area contributed by atoms with Crippen LogP contribution in [0.1, 0.15) is 290 Å². The van der Waals surface area contributed by atoms with Gasteiger partial charge in [0.15, 0.2) is 0 Å². The molecule has 0 rings (SSSR count). The maximum absolute atomic E-state index is 13.0. The summed E-state index contributed by atoms with van der Waals surface area (Å²) in [7, 11) is 1.63. The van der Waals surface area contributed by atoms with E-state index in [0.29, 0.717) is 23.9 Å². The zero-order chi connectivity index (χ0) is 49.2. The average molecular weight is 969 g/mol. The van der Waals surface area contributed by atoms with Crippen LogP contribution in [0.15, 0.2) is 24.3 Å². The van der Waals surface area contributed by atoms with Gasteiger partial charge >= 0.3 is 7.82 Å². The zero-order valence-corrected chi connectivity index (χ0v) is 46.3. The summed E-state index contributed by atoms with van der Waals surface area (Å²) in [6.45, 7) is 4.90. The van der Waals surface area contributed by atoms with Gasteiger partial charge in [-0.1, -0.05) is 263 Å². The van der Waals surface area contributed by atoms with Crippen molar-refractivity contribution in [3.8, 4) is 0 Å². The fraction of sp³-hybridized carbons (Fsp3) is 0.914. The second kappa shape index (κ2) is 49.9. The van der Waals surface area contributed by atoms with Crippen LogP contribution in [0.2, 0.25) is 0 Å². The van der Waals surface area contributed by atoms with Gasteiger partial charge < -0.3 is 19.8 Å². The van der Waals surface area contributed by atoms with Crippen LogP contribution in [-0.4, -0.2) is 73.4 Å². The molecule has 0 aromatic rings. The SMILES string of the molecule is CCCCCCC/C=C\C/C=C\CCCCCCCCCCCCCCCCCCCCCCCC(=O)NC(COP(=O)(O)OCC[N+](C)(C)C)C(O)CCCCCCCCCCCCCC. The number of aliphatic hydroxyl groups is 1. The Bertz CT molecular complexity index is 1140. The van der Waals surface area contributed by atoms with E-state index in [1.165, 1.54) is 218 Å². The molecule has 3 N–H and O–H groups in total. The van der Waals surface area contributed by atoms with Gasteiger partial charge in [-0.05, 0) is 44.9 Å². The number of allylic oxidation sites excluding steroid dienone is 4. The van der Waals surface area contributed by atoms with Crippen LogP contribution in [0, 0.1) is 0 Å². The quantitative estimate of drug-likeness (QED) is 0.0243. The Morgan fingerprint density at radius 2 is 0.851 bits per heavy atom. The minimum absolute atomic E-state index is 0.0771. The summed E-state index contributed by atoms with van der Waals surface area (Å²) in [5, 5.41) is 14.0. The normalized spacial score (nSPS) is 14.1. The van der Waals surface area contributed by atoms with E-state index in [-0.39, 0.29) is 19.1 Å². The van der Waals surface area contributed by atoms with Crippen molar-refractivity contribution < 1.29 is 32.9 Å². The maximum atomic E-state index is 13.0. The molecule has 0 aromatic heterocycles. The lowest BCUT2D eigenvalue weighted by atomic mass is 10.0. The Morgan fingerprint density at radius 1 is 0.507 bits per heavy atom. The van der Waals surface area contributed by atoms with Gasteiger partial charge in [0.05, 0.1) is 39.9 Å². The van der Waals surface area contributed by atoms with Crippen LogP contribution in [-0.2, 0) is 18.4 Å². The van der Waals surface area contributed by atoms with Crippen molar-refractivity contribution in [2.45, 2.75) is 302 Å². The maximum Gasteiger partial charge on any atom is 0.472 e. The summed E-state index contributed by atoms with van der Waals surface area (Å²) in [6.07, 6.45) is 62.5. The van der Waals surface area contributed by atoms with Crippen LogP contribution in [0.25, 0.3) is 0 Å². The largest absolute Gasteiger partial charge is 0.472 e. The Hall–Kier alpha value is -1.02. The van der Waals surface area contributed by atoms with E-state index in [1.54, 1.807) is 0 Å². The van der Waals surface area contributed by atoms with Crippen LogP contribution in [0.5, 0.6) is 0 Å². The number of rotatable bonds is 54. The molecule has 9 heteroatoms. The fourth-order valence-electron chi connectivity index (χ4n) is 8.84. The van der Waals surface area contributed by atoms with Gasteiger partial charge in [0, 0.05) is 6.42 Å². The van der Waals surface area contributed by atoms with Crippen molar-refractivity contribution in [1.29, 1.82) is 0 Å². The highest BCUT2D eigenvalue weighted by Gasteiger charge is 2.28. The highest BCUT2D eigenvalue weighted by atomic mass is 31.2. The van der Waals surface area contributed by atoms with Crippen molar-refractivity contribution in [2.24, 2.45) is 0 Å². The van der Waals surface area contributed by atoms with Crippen molar-refractivity contribution in [3.63, 3.8) is 0 Å². The zero-order valence-electron chi connectivity index (χ0n) is 45.4. The highest BCUT2D eigenvalue weighted by Crippen LogP contribution is 2.43. The van der Waals surface area contributed by atoms with E-state index in [1.807, 2.05) is 21.1 Å². The lowest BCUT2D eigenvalue weighted by Crippen LogP contribution is -2.46. The number of nitrogens with zero attached hydrogens (tertiary/aromatic N) is 1. The van der Waals surface area contributed by atoms with Gasteiger partial charge in [-0.3, -0.25) is 13.8 Å². The molecule has 3 unspecified atom stereocenters. The molecular weight excluding hydrogens is 852 g/mol. The molecule has 0 saturated heterocycles. The molecule has 0 aliphatic carbocycles. The van der Waals surface area contributed by atoms with Gasteiger partial charge in [0.1, 0.15) is 13.2 Å². The number of phosphoric acid groups is 1. The number of unbranched alkanes of at least 4 members (excludes halogenated alkanes) is 37. The summed E-state index contributed by atoms with van der Waals surface area (Å²) in [5.41, 5.74) is 0. The number of quaternary nitrogens is 1. The third kappa shape index (κ3) is 52.6. The van der Waals surface area contributed by atoms with Gasteiger partial charge in [-0.2, -0.15) is 0 Å². The predicted octanol–water partition coefficient (Wildman–Crippen LogP) is 17.6. The molecule has 0 bridgehead atoms. The Kier molecular flexibility index (Phi) is 49.2. The van der Waals surface area contributed by atoms with Crippen LogP contribution in [0.3, 0.4) is 0 Å². The minimum Gasteiger partial charge on any atom is -0.391 e. The molecule has 0 aliphatic heterocycles. The molecule has 67 heavy (non-hydrogen) atoms. The fourth-order valence-corrected chi connectivity index (χ4v) is 9.58. The lowest BCUT2D eigenvalue weighted by Gasteiger charge is -2.26. The number of nitrogens with one attached hydrogen (secondary N) is 1. The first-order chi connectivity index (χ1) is 32.5. The third-order valence-electron chi connectivity index (χ3n) is 13.5. The molecule has 0 spiro atoms. The predicted molar refractivity (Wildman–Crippen MR) is 291 cm³/mol. The average Bonchev–Trinajstić information content (AvgIpc) is 3.29. The van der Waals surface area contributed by atoms with Gasteiger partial charge in [-0.25, -0.2) is 4.57 Å². The number of likely N-dealkylation sites (N-methyl/N-ethyl adjacent to an activating group) is 1.